The Morgan fingerprint density at radius 1 is 1.08 bits per heavy atom. The molecule has 0 aliphatic carbocycles. The monoisotopic (exact) mass is 355 g/mol. The number of anilines is 2. The van der Waals surface area contributed by atoms with Crippen molar-refractivity contribution in [2.45, 2.75) is 0 Å². The Morgan fingerprint density at radius 2 is 1.88 bits per heavy atom. The molecule has 0 spiro atoms. The summed E-state index contributed by atoms with van der Waals surface area (Å²) in [5.74, 6) is 1.10. The van der Waals surface area contributed by atoms with Gasteiger partial charge in [-0.25, -0.2) is 9.97 Å². The van der Waals surface area contributed by atoms with Gasteiger partial charge in [-0.1, -0.05) is 0 Å². The molecule has 1 amide bonds. The molecule has 1 fully saturated rings. The van der Waals surface area contributed by atoms with E-state index in [0.717, 1.165) is 54.8 Å². The molecule has 8 nitrogen and oxygen atoms in total. The molecule has 3 heterocycles. The fourth-order valence-corrected chi connectivity index (χ4v) is 3.25. The van der Waals surface area contributed by atoms with Crippen LogP contribution >= 0.6 is 11.7 Å². The smallest absolute Gasteiger partial charge is 0.256 e. The van der Waals surface area contributed by atoms with E-state index in [1.807, 2.05) is 6.07 Å². The van der Waals surface area contributed by atoms with Gasteiger partial charge in [-0.2, -0.15) is 8.75 Å². The molecular formula is C16H17N7OS. The van der Waals surface area contributed by atoms with Crippen LogP contribution < -0.4 is 10.2 Å². The Labute approximate surface area is 148 Å². The number of benzene rings is 1. The highest BCUT2D eigenvalue weighted by atomic mass is 32.1. The second-order valence-corrected chi connectivity index (χ2v) is 6.50. The van der Waals surface area contributed by atoms with Crippen LogP contribution in [0.1, 0.15) is 10.4 Å². The van der Waals surface area contributed by atoms with Gasteiger partial charge in [-0.15, -0.1) is 0 Å². The molecule has 25 heavy (non-hydrogen) atoms. The Bertz CT molecular complexity index is 904. The van der Waals surface area contributed by atoms with E-state index in [4.69, 9.17) is 0 Å². The molecule has 2 aromatic heterocycles. The highest BCUT2D eigenvalue weighted by molar-refractivity contribution is 7.00. The number of likely N-dealkylation sites (N-methyl/N-ethyl adjacent to an activating group) is 1. The average Bonchev–Trinajstić information content (AvgIpc) is 3.10. The maximum absolute atomic E-state index is 12.5. The standard InChI is InChI=1S/C16H17N7OS/c1-22-4-6-23(7-5-22)15-9-14(17-10-18-15)19-16(24)11-2-3-12-13(8-11)21-25-20-12/h2-3,8-10H,4-7H2,1H3,(H,17,18,19,24). The van der Waals surface area contributed by atoms with Crippen LogP contribution in [0.15, 0.2) is 30.6 Å². The van der Waals surface area contributed by atoms with Crippen LogP contribution in [0.5, 0.6) is 0 Å². The predicted octanol–water partition coefficient (Wildman–Crippen LogP) is 1.49. The lowest BCUT2D eigenvalue weighted by Gasteiger charge is -2.33. The van der Waals surface area contributed by atoms with Gasteiger partial charge in [-0.3, -0.25) is 4.79 Å². The Kier molecular flexibility index (Phi) is 4.24. The molecule has 0 radical (unpaired) electrons. The van der Waals surface area contributed by atoms with Crippen molar-refractivity contribution < 1.29 is 4.79 Å². The van der Waals surface area contributed by atoms with Gasteiger partial charge >= 0.3 is 0 Å². The van der Waals surface area contributed by atoms with Crippen LogP contribution in [0.2, 0.25) is 0 Å². The van der Waals surface area contributed by atoms with Crippen molar-refractivity contribution >= 4 is 40.3 Å². The molecular weight excluding hydrogens is 338 g/mol. The summed E-state index contributed by atoms with van der Waals surface area (Å²) in [5.41, 5.74) is 2.04. The lowest BCUT2D eigenvalue weighted by Crippen LogP contribution is -2.44. The van der Waals surface area contributed by atoms with E-state index in [9.17, 15) is 4.79 Å². The van der Waals surface area contributed by atoms with Crippen molar-refractivity contribution in [1.29, 1.82) is 0 Å². The number of fused-ring (bicyclic) bond motifs is 1. The zero-order valence-corrected chi connectivity index (χ0v) is 14.5. The van der Waals surface area contributed by atoms with E-state index < -0.39 is 0 Å². The van der Waals surface area contributed by atoms with Crippen LogP contribution in [0.4, 0.5) is 11.6 Å². The van der Waals surface area contributed by atoms with E-state index in [2.05, 4.69) is 40.9 Å². The summed E-state index contributed by atoms with van der Waals surface area (Å²) in [6.45, 7) is 3.81. The minimum Gasteiger partial charge on any atom is -0.354 e. The first-order chi connectivity index (χ1) is 12.2. The van der Waals surface area contributed by atoms with Gasteiger partial charge in [0.05, 0.1) is 11.7 Å². The normalized spacial score (nSPS) is 15.5. The van der Waals surface area contributed by atoms with Crippen molar-refractivity contribution in [3.63, 3.8) is 0 Å². The van der Waals surface area contributed by atoms with Gasteiger partial charge in [0, 0.05) is 37.8 Å². The second kappa shape index (κ2) is 6.69. The Balaban J connectivity index is 1.50. The van der Waals surface area contributed by atoms with Crippen molar-refractivity contribution in [3.05, 3.63) is 36.2 Å². The number of piperazine rings is 1. The van der Waals surface area contributed by atoms with Gasteiger partial charge < -0.3 is 15.1 Å². The van der Waals surface area contributed by atoms with E-state index in [1.54, 1.807) is 18.2 Å². The predicted molar refractivity (Wildman–Crippen MR) is 97.1 cm³/mol. The summed E-state index contributed by atoms with van der Waals surface area (Å²) in [5, 5.41) is 2.83. The molecule has 1 aliphatic heterocycles. The molecule has 0 unspecified atom stereocenters. The number of aromatic nitrogens is 4. The molecule has 1 aromatic carbocycles. The SMILES string of the molecule is CN1CCN(c2cc(NC(=O)c3ccc4nsnc4c3)ncn2)CC1. The number of carbonyl (C=O) groups excluding carboxylic acids is 1. The highest BCUT2D eigenvalue weighted by Crippen LogP contribution is 2.18. The maximum atomic E-state index is 12.5. The maximum Gasteiger partial charge on any atom is 0.256 e. The lowest BCUT2D eigenvalue weighted by atomic mass is 10.2. The molecule has 3 aromatic rings. The summed E-state index contributed by atoms with van der Waals surface area (Å²) in [4.78, 5) is 25.4. The first kappa shape index (κ1) is 15.9. The largest absolute Gasteiger partial charge is 0.354 e. The summed E-state index contributed by atoms with van der Waals surface area (Å²) in [7, 11) is 2.11. The van der Waals surface area contributed by atoms with Crippen LogP contribution in [0.3, 0.4) is 0 Å². The van der Waals surface area contributed by atoms with Crippen LogP contribution in [0.25, 0.3) is 11.0 Å². The van der Waals surface area contributed by atoms with Gasteiger partial charge in [0.2, 0.25) is 0 Å². The third kappa shape index (κ3) is 3.42. The Hall–Kier alpha value is -2.65. The summed E-state index contributed by atoms with van der Waals surface area (Å²) >= 11 is 1.13. The molecule has 0 saturated carbocycles. The Morgan fingerprint density at radius 3 is 2.72 bits per heavy atom. The van der Waals surface area contributed by atoms with Crippen LogP contribution in [0, 0.1) is 0 Å². The molecule has 1 N–H and O–H groups in total. The third-order valence-electron chi connectivity index (χ3n) is 4.24. The summed E-state index contributed by atoms with van der Waals surface area (Å²) in [6, 6.07) is 7.08. The number of amides is 1. The van der Waals surface area contributed by atoms with E-state index in [1.165, 1.54) is 6.33 Å². The minimum atomic E-state index is -0.224. The fourth-order valence-electron chi connectivity index (χ4n) is 2.74. The number of rotatable bonds is 3. The molecule has 1 aliphatic rings. The molecule has 0 atom stereocenters. The van der Waals surface area contributed by atoms with Gasteiger partial charge in [0.15, 0.2) is 0 Å². The van der Waals surface area contributed by atoms with E-state index >= 15 is 0 Å². The lowest BCUT2D eigenvalue weighted by molar-refractivity contribution is 0.102. The number of nitrogens with zero attached hydrogens (tertiary/aromatic N) is 6. The van der Waals surface area contributed by atoms with Crippen LogP contribution in [-0.2, 0) is 0 Å². The fraction of sp³-hybridized carbons (Fsp3) is 0.312. The van der Waals surface area contributed by atoms with E-state index in [0.29, 0.717) is 11.4 Å². The van der Waals surface area contributed by atoms with Crippen molar-refractivity contribution in [1.82, 2.24) is 23.6 Å². The second-order valence-electron chi connectivity index (χ2n) is 5.97. The molecule has 4 rings (SSSR count). The van der Waals surface area contributed by atoms with E-state index in [-0.39, 0.29) is 5.91 Å². The molecule has 0 bridgehead atoms. The highest BCUT2D eigenvalue weighted by Gasteiger charge is 2.16. The average molecular weight is 355 g/mol. The quantitative estimate of drug-likeness (QED) is 0.761. The zero-order valence-electron chi connectivity index (χ0n) is 13.7. The zero-order chi connectivity index (χ0) is 17.2. The van der Waals surface area contributed by atoms with Crippen LogP contribution in [-0.4, -0.2) is 62.7 Å². The third-order valence-corrected chi connectivity index (χ3v) is 4.79. The molecule has 1 saturated heterocycles. The van der Waals surface area contributed by atoms with Gasteiger partial charge in [0.25, 0.3) is 5.91 Å². The van der Waals surface area contributed by atoms with Crippen molar-refractivity contribution in [3.8, 4) is 0 Å². The number of hydrogen-bond acceptors (Lipinski definition) is 8. The minimum absolute atomic E-state index is 0.224. The number of hydrogen-bond donors (Lipinski definition) is 1. The number of nitrogens with one attached hydrogen (secondary N) is 1. The summed E-state index contributed by atoms with van der Waals surface area (Å²) < 4.78 is 8.31. The van der Waals surface area contributed by atoms with Gasteiger partial charge in [0.1, 0.15) is 29.0 Å². The molecule has 128 valence electrons. The first-order valence-electron chi connectivity index (χ1n) is 7.98. The van der Waals surface area contributed by atoms with Gasteiger partial charge in [-0.05, 0) is 25.2 Å². The van der Waals surface area contributed by atoms with Crippen molar-refractivity contribution in [2.75, 3.05) is 43.4 Å². The number of carbonyl (C=O) groups is 1. The molecule has 9 heteroatoms. The topological polar surface area (TPSA) is 87.1 Å². The first-order valence-corrected chi connectivity index (χ1v) is 8.71. The van der Waals surface area contributed by atoms with Crippen molar-refractivity contribution in [2.24, 2.45) is 0 Å². The summed E-state index contributed by atoms with van der Waals surface area (Å²) in [6.07, 6.45) is 1.48.